The first-order valence-corrected chi connectivity index (χ1v) is 9.43. The molecule has 1 aliphatic rings. The Labute approximate surface area is 137 Å². The van der Waals surface area contributed by atoms with Gasteiger partial charge in [-0.3, -0.25) is 9.59 Å². The maximum atomic E-state index is 11.8. The lowest BCUT2D eigenvalue weighted by Gasteiger charge is -2.33. The average Bonchev–Trinajstić information content (AvgIpc) is 2.52. The molecule has 0 heterocycles. The molecule has 0 unspecified atom stereocenters. The Bertz CT molecular complexity index is 499. The van der Waals surface area contributed by atoms with Crippen LogP contribution in [0.15, 0.2) is 0 Å². The predicted molar refractivity (Wildman–Crippen MR) is 84.4 cm³/mol. The van der Waals surface area contributed by atoms with Crippen LogP contribution in [0, 0.1) is 5.41 Å². The molecule has 0 bridgehead atoms. The van der Waals surface area contributed by atoms with Crippen LogP contribution in [0.5, 0.6) is 0 Å². The van der Waals surface area contributed by atoms with Crippen LogP contribution in [0.1, 0.15) is 38.5 Å². The number of aliphatic carboxylic acids is 1. The minimum Gasteiger partial charge on any atom is -0.481 e. The van der Waals surface area contributed by atoms with Crippen molar-refractivity contribution < 1.29 is 27.9 Å². The molecule has 0 aromatic rings. The van der Waals surface area contributed by atoms with Crippen LogP contribution in [0.3, 0.4) is 0 Å². The highest BCUT2D eigenvalue weighted by atomic mass is 32.2. The third-order valence-corrected chi connectivity index (χ3v) is 5.51. The summed E-state index contributed by atoms with van der Waals surface area (Å²) in [7, 11) is -2.05. The Hall–Kier alpha value is -1.19. The van der Waals surface area contributed by atoms with Gasteiger partial charge in [0, 0.05) is 20.3 Å². The topological polar surface area (TPSA) is 122 Å². The largest absolute Gasteiger partial charge is 0.481 e. The summed E-state index contributed by atoms with van der Waals surface area (Å²) in [4.78, 5) is 23.2. The molecule has 3 N–H and O–H groups in total. The molecule has 23 heavy (non-hydrogen) atoms. The maximum absolute atomic E-state index is 11.8. The van der Waals surface area contributed by atoms with E-state index in [0.717, 1.165) is 19.3 Å². The Kier molecular flexibility index (Phi) is 7.93. The van der Waals surface area contributed by atoms with Gasteiger partial charge in [-0.25, -0.2) is 13.1 Å². The van der Waals surface area contributed by atoms with Crippen molar-refractivity contribution in [3.8, 4) is 0 Å². The monoisotopic (exact) mass is 350 g/mol. The number of hydrogen-bond acceptors (Lipinski definition) is 5. The predicted octanol–water partition coefficient (Wildman–Crippen LogP) is 0.0936. The minimum atomic E-state index is -3.53. The molecule has 1 rings (SSSR count). The summed E-state index contributed by atoms with van der Waals surface area (Å²) in [5.74, 6) is -1.54. The van der Waals surface area contributed by atoms with E-state index in [1.54, 1.807) is 0 Å². The molecule has 0 radical (unpaired) electrons. The second-order valence-corrected chi connectivity index (χ2v) is 7.84. The van der Waals surface area contributed by atoms with Crippen molar-refractivity contribution in [2.45, 2.75) is 38.5 Å². The molecule has 134 valence electrons. The van der Waals surface area contributed by atoms with E-state index < -0.39 is 27.3 Å². The van der Waals surface area contributed by atoms with Crippen molar-refractivity contribution in [3.63, 3.8) is 0 Å². The lowest BCUT2D eigenvalue weighted by Crippen LogP contribution is -2.47. The van der Waals surface area contributed by atoms with Gasteiger partial charge in [-0.2, -0.15) is 0 Å². The maximum Gasteiger partial charge on any atom is 0.311 e. The number of rotatable bonds is 10. The first kappa shape index (κ1) is 19.9. The first-order chi connectivity index (χ1) is 10.8. The van der Waals surface area contributed by atoms with E-state index in [2.05, 4.69) is 10.0 Å². The molecular weight excluding hydrogens is 324 g/mol. The molecule has 0 spiro atoms. The number of amides is 1. The van der Waals surface area contributed by atoms with Gasteiger partial charge in [0.2, 0.25) is 15.9 Å². The Morgan fingerprint density at radius 2 is 1.87 bits per heavy atom. The fourth-order valence-corrected chi connectivity index (χ4v) is 3.66. The van der Waals surface area contributed by atoms with Gasteiger partial charge >= 0.3 is 5.97 Å². The van der Waals surface area contributed by atoms with Gasteiger partial charge in [0.05, 0.1) is 17.7 Å². The average molecular weight is 350 g/mol. The summed E-state index contributed by atoms with van der Waals surface area (Å²) >= 11 is 0. The lowest BCUT2D eigenvalue weighted by atomic mass is 9.74. The van der Waals surface area contributed by atoms with E-state index in [0.29, 0.717) is 25.9 Å². The minimum absolute atomic E-state index is 0.0343. The SMILES string of the molecule is COCCCS(=O)(=O)NCC(=O)NCC1(C(=O)O)CCCCC1. The van der Waals surface area contributed by atoms with Gasteiger partial charge < -0.3 is 15.2 Å². The molecule has 1 amide bonds. The molecular formula is C14H26N2O6S. The quantitative estimate of drug-likeness (QED) is 0.480. The number of methoxy groups -OCH3 is 1. The van der Waals surface area contributed by atoms with Gasteiger partial charge in [0.15, 0.2) is 0 Å². The number of carbonyl (C=O) groups is 2. The molecule has 1 aliphatic carbocycles. The zero-order chi connectivity index (χ0) is 17.3. The normalized spacial score (nSPS) is 17.6. The first-order valence-electron chi connectivity index (χ1n) is 7.78. The number of sulfonamides is 1. The van der Waals surface area contributed by atoms with Gasteiger partial charge in [-0.1, -0.05) is 19.3 Å². The van der Waals surface area contributed by atoms with Crippen LogP contribution in [-0.4, -0.2) is 58.0 Å². The zero-order valence-electron chi connectivity index (χ0n) is 13.5. The molecule has 0 aliphatic heterocycles. The van der Waals surface area contributed by atoms with Crippen molar-refractivity contribution in [1.29, 1.82) is 0 Å². The molecule has 0 aromatic heterocycles. The number of nitrogens with one attached hydrogen (secondary N) is 2. The molecule has 9 heteroatoms. The highest BCUT2D eigenvalue weighted by molar-refractivity contribution is 7.89. The second-order valence-electron chi connectivity index (χ2n) is 5.91. The number of hydrogen-bond donors (Lipinski definition) is 3. The van der Waals surface area contributed by atoms with Crippen LogP contribution >= 0.6 is 0 Å². The summed E-state index contributed by atoms with van der Waals surface area (Å²) in [6.07, 6.45) is 4.07. The summed E-state index contributed by atoms with van der Waals surface area (Å²) in [6.45, 7) is -0.0220. The molecule has 1 saturated carbocycles. The third-order valence-electron chi connectivity index (χ3n) is 4.10. The van der Waals surface area contributed by atoms with Crippen molar-refractivity contribution >= 4 is 21.9 Å². The highest BCUT2D eigenvalue weighted by Crippen LogP contribution is 2.35. The summed E-state index contributed by atoms with van der Waals surface area (Å²) in [5, 5.41) is 11.9. The molecule has 0 aromatic carbocycles. The van der Waals surface area contributed by atoms with Crippen molar-refractivity contribution in [1.82, 2.24) is 10.0 Å². The lowest BCUT2D eigenvalue weighted by molar-refractivity contribution is -0.151. The Morgan fingerprint density at radius 3 is 2.43 bits per heavy atom. The van der Waals surface area contributed by atoms with E-state index in [-0.39, 0.29) is 18.8 Å². The highest BCUT2D eigenvalue weighted by Gasteiger charge is 2.39. The van der Waals surface area contributed by atoms with E-state index >= 15 is 0 Å². The van der Waals surface area contributed by atoms with Crippen LogP contribution in [0.4, 0.5) is 0 Å². The molecule has 1 fully saturated rings. The van der Waals surface area contributed by atoms with E-state index in [9.17, 15) is 23.1 Å². The van der Waals surface area contributed by atoms with E-state index in [1.165, 1.54) is 7.11 Å². The summed E-state index contributed by atoms with van der Waals surface area (Å²) < 4.78 is 30.3. The molecule has 0 saturated heterocycles. The third kappa shape index (κ3) is 6.84. The number of carboxylic acid groups (broad SMARTS) is 1. The van der Waals surface area contributed by atoms with Crippen LogP contribution < -0.4 is 10.0 Å². The van der Waals surface area contributed by atoms with Gasteiger partial charge in [-0.05, 0) is 19.3 Å². The van der Waals surface area contributed by atoms with E-state index in [4.69, 9.17) is 4.74 Å². The standard InChI is InChI=1S/C14H26N2O6S/c1-22-8-5-9-23(20,21)16-10-12(17)15-11-14(13(18)19)6-3-2-4-7-14/h16H,2-11H2,1H3,(H,15,17)(H,18,19). The number of ether oxygens (including phenoxy) is 1. The van der Waals surface area contributed by atoms with Crippen molar-refractivity contribution in [2.24, 2.45) is 5.41 Å². The molecule has 0 atom stereocenters. The van der Waals surface area contributed by atoms with Gasteiger partial charge in [-0.15, -0.1) is 0 Å². The van der Waals surface area contributed by atoms with E-state index in [1.807, 2.05) is 0 Å². The van der Waals surface area contributed by atoms with Crippen LogP contribution in [0.25, 0.3) is 0 Å². The number of carbonyl (C=O) groups excluding carboxylic acids is 1. The Morgan fingerprint density at radius 1 is 1.22 bits per heavy atom. The second kappa shape index (κ2) is 9.19. The van der Waals surface area contributed by atoms with Crippen molar-refractivity contribution in [3.05, 3.63) is 0 Å². The van der Waals surface area contributed by atoms with Gasteiger partial charge in [0.25, 0.3) is 0 Å². The fourth-order valence-electron chi connectivity index (χ4n) is 2.67. The fraction of sp³-hybridized carbons (Fsp3) is 0.857. The van der Waals surface area contributed by atoms with Crippen LogP contribution in [0.2, 0.25) is 0 Å². The summed E-state index contributed by atoms with van der Waals surface area (Å²) in [6, 6.07) is 0. The van der Waals surface area contributed by atoms with Crippen LogP contribution in [-0.2, 0) is 24.3 Å². The zero-order valence-corrected chi connectivity index (χ0v) is 14.3. The molecule has 8 nitrogen and oxygen atoms in total. The smallest absolute Gasteiger partial charge is 0.311 e. The van der Waals surface area contributed by atoms with Crippen molar-refractivity contribution in [2.75, 3.05) is 32.6 Å². The Balaban J connectivity index is 2.39. The summed E-state index contributed by atoms with van der Waals surface area (Å²) in [5.41, 5.74) is -0.925. The van der Waals surface area contributed by atoms with Gasteiger partial charge in [0.1, 0.15) is 0 Å². The number of carboxylic acids is 1.